The molecule has 3 rings (SSSR count). The molecular formula is C18H16ClN3O3S. The van der Waals surface area contributed by atoms with Gasteiger partial charge in [0, 0.05) is 12.2 Å². The van der Waals surface area contributed by atoms with Crippen molar-refractivity contribution in [2.24, 2.45) is 0 Å². The number of amides is 1. The maximum atomic E-state index is 11.9. The molecule has 1 amide bonds. The Morgan fingerprint density at radius 3 is 2.69 bits per heavy atom. The monoisotopic (exact) mass is 389 g/mol. The number of benzene rings is 2. The summed E-state index contributed by atoms with van der Waals surface area (Å²) >= 11 is 7.33. The van der Waals surface area contributed by atoms with Crippen molar-refractivity contribution in [1.82, 2.24) is 10.2 Å². The predicted molar refractivity (Wildman–Crippen MR) is 100 cm³/mol. The van der Waals surface area contributed by atoms with Crippen LogP contribution in [0.15, 0.2) is 64.2 Å². The third-order valence-corrected chi connectivity index (χ3v) is 4.41. The molecule has 134 valence electrons. The zero-order valence-electron chi connectivity index (χ0n) is 13.7. The third-order valence-electron chi connectivity index (χ3n) is 3.26. The molecule has 2 aromatic carbocycles. The molecule has 6 nitrogen and oxygen atoms in total. The molecule has 8 heteroatoms. The van der Waals surface area contributed by atoms with Gasteiger partial charge < -0.3 is 14.5 Å². The molecule has 0 saturated carbocycles. The van der Waals surface area contributed by atoms with Gasteiger partial charge in [-0.25, -0.2) is 0 Å². The van der Waals surface area contributed by atoms with Crippen molar-refractivity contribution in [3.8, 4) is 5.75 Å². The van der Waals surface area contributed by atoms with Crippen LogP contribution in [0.3, 0.4) is 0 Å². The van der Waals surface area contributed by atoms with E-state index >= 15 is 0 Å². The maximum absolute atomic E-state index is 11.9. The van der Waals surface area contributed by atoms with Gasteiger partial charge in [-0.1, -0.05) is 53.7 Å². The van der Waals surface area contributed by atoms with Gasteiger partial charge >= 0.3 is 0 Å². The van der Waals surface area contributed by atoms with Gasteiger partial charge in [0.25, 0.3) is 11.1 Å². The Kier molecular flexibility index (Phi) is 6.51. The van der Waals surface area contributed by atoms with Crippen molar-refractivity contribution in [2.45, 2.75) is 18.3 Å². The van der Waals surface area contributed by atoms with Crippen LogP contribution in [-0.4, -0.2) is 21.9 Å². The lowest BCUT2D eigenvalue weighted by molar-refractivity contribution is -0.115. The van der Waals surface area contributed by atoms with E-state index in [0.717, 1.165) is 5.75 Å². The minimum absolute atomic E-state index is 0.127. The molecule has 0 aliphatic heterocycles. The molecule has 0 fully saturated rings. The fraction of sp³-hybridized carbons (Fsp3) is 0.167. The van der Waals surface area contributed by atoms with E-state index in [-0.39, 0.29) is 12.5 Å². The summed E-state index contributed by atoms with van der Waals surface area (Å²) in [4.78, 5) is 11.9. The van der Waals surface area contributed by atoms with Crippen LogP contribution in [0.2, 0.25) is 5.02 Å². The molecule has 0 spiro atoms. The smallest absolute Gasteiger partial charge is 0.276 e. The molecule has 0 radical (unpaired) electrons. The van der Waals surface area contributed by atoms with Gasteiger partial charge in [-0.2, -0.15) is 0 Å². The number of carbonyl (C=O) groups is 1. The average Bonchev–Trinajstić information content (AvgIpc) is 3.11. The molecule has 3 aromatic rings. The third kappa shape index (κ3) is 5.50. The first-order valence-electron chi connectivity index (χ1n) is 7.88. The van der Waals surface area contributed by atoms with Gasteiger partial charge in [0.05, 0.1) is 10.7 Å². The van der Waals surface area contributed by atoms with E-state index in [1.807, 2.05) is 42.5 Å². The highest BCUT2D eigenvalue weighted by molar-refractivity contribution is 7.99. The van der Waals surface area contributed by atoms with E-state index in [1.54, 1.807) is 12.1 Å². The number of halogens is 1. The van der Waals surface area contributed by atoms with Gasteiger partial charge in [-0.05, 0) is 24.3 Å². The van der Waals surface area contributed by atoms with Crippen molar-refractivity contribution < 1.29 is 13.9 Å². The van der Waals surface area contributed by atoms with E-state index < -0.39 is 0 Å². The van der Waals surface area contributed by atoms with Gasteiger partial charge in [-0.3, -0.25) is 4.79 Å². The summed E-state index contributed by atoms with van der Waals surface area (Å²) in [6, 6.07) is 16.5. The number of carbonyl (C=O) groups excluding carboxylic acids is 1. The molecule has 0 aliphatic carbocycles. The number of nitrogens with zero attached hydrogens (tertiary/aromatic N) is 2. The Hall–Kier alpha value is -2.51. The largest absolute Gasteiger partial charge is 0.484 e. The second-order valence-corrected chi connectivity index (χ2v) is 6.64. The second-order valence-electron chi connectivity index (χ2n) is 5.19. The van der Waals surface area contributed by atoms with Crippen LogP contribution in [0.4, 0.5) is 5.69 Å². The standard InChI is InChI=1S/C18H16ClN3O3S/c19-14-8-4-5-9-15(14)20-16(23)10-11-26-18-22-21-17(25-18)12-24-13-6-2-1-3-7-13/h1-9H,10-12H2,(H,20,23). The van der Waals surface area contributed by atoms with Gasteiger partial charge in [0.1, 0.15) is 5.75 Å². The Balaban J connectivity index is 1.40. The SMILES string of the molecule is O=C(CCSc1nnc(COc2ccccc2)o1)Nc1ccccc1Cl. The summed E-state index contributed by atoms with van der Waals surface area (Å²) in [5.74, 6) is 1.50. The van der Waals surface area contributed by atoms with Crippen molar-refractivity contribution in [2.75, 3.05) is 11.1 Å². The van der Waals surface area contributed by atoms with Crippen molar-refractivity contribution >= 4 is 35.0 Å². The van der Waals surface area contributed by atoms with Crippen LogP contribution < -0.4 is 10.1 Å². The molecule has 0 unspecified atom stereocenters. The summed E-state index contributed by atoms with van der Waals surface area (Å²) in [6.07, 6.45) is 0.300. The Morgan fingerprint density at radius 1 is 1.12 bits per heavy atom. The summed E-state index contributed by atoms with van der Waals surface area (Å²) in [6.45, 7) is 0.199. The lowest BCUT2D eigenvalue weighted by Crippen LogP contribution is -2.12. The predicted octanol–water partition coefficient (Wildman–Crippen LogP) is 4.42. The molecule has 1 aromatic heterocycles. The van der Waals surface area contributed by atoms with Crippen LogP contribution in [0.1, 0.15) is 12.3 Å². The fourth-order valence-electron chi connectivity index (χ4n) is 2.02. The number of thioether (sulfide) groups is 1. The van der Waals surface area contributed by atoms with E-state index in [0.29, 0.717) is 34.0 Å². The number of hydrogen-bond donors (Lipinski definition) is 1. The number of nitrogens with one attached hydrogen (secondary N) is 1. The minimum atomic E-state index is -0.127. The zero-order valence-corrected chi connectivity index (χ0v) is 15.3. The number of aromatic nitrogens is 2. The first-order valence-corrected chi connectivity index (χ1v) is 9.24. The summed E-state index contributed by atoms with van der Waals surface area (Å²) in [5.41, 5.74) is 0.599. The number of para-hydroxylation sites is 2. The lowest BCUT2D eigenvalue weighted by atomic mass is 10.3. The summed E-state index contributed by atoms with van der Waals surface area (Å²) in [5, 5.41) is 11.5. The zero-order chi connectivity index (χ0) is 18.2. The van der Waals surface area contributed by atoms with E-state index in [9.17, 15) is 4.79 Å². The van der Waals surface area contributed by atoms with Gasteiger partial charge in [0.2, 0.25) is 5.91 Å². The van der Waals surface area contributed by atoms with Crippen LogP contribution in [0, 0.1) is 0 Å². The highest BCUT2D eigenvalue weighted by atomic mass is 35.5. The minimum Gasteiger partial charge on any atom is -0.484 e. The Labute approximate surface area is 159 Å². The average molecular weight is 390 g/mol. The van der Waals surface area contributed by atoms with Crippen LogP contribution >= 0.6 is 23.4 Å². The first kappa shape index (κ1) is 18.3. The normalized spacial score (nSPS) is 10.5. The van der Waals surface area contributed by atoms with Crippen molar-refractivity contribution in [3.05, 3.63) is 65.5 Å². The van der Waals surface area contributed by atoms with E-state index in [4.69, 9.17) is 20.8 Å². The van der Waals surface area contributed by atoms with Gasteiger partial charge in [0.15, 0.2) is 6.61 Å². The van der Waals surface area contributed by atoms with Crippen LogP contribution in [0.25, 0.3) is 0 Å². The molecule has 26 heavy (non-hydrogen) atoms. The second kappa shape index (κ2) is 9.26. The van der Waals surface area contributed by atoms with E-state index in [1.165, 1.54) is 11.8 Å². The molecule has 0 bridgehead atoms. The molecule has 0 atom stereocenters. The number of anilines is 1. The quantitative estimate of drug-likeness (QED) is 0.574. The van der Waals surface area contributed by atoms with E-state index in [2.05, 4.69) is 15.5 Å². The summed E-state index contributed by atoms with van der Waals surface area (Å²) in [7, 11) is 0. The summed E-state index contributed by atoms with van der Waals surface area (Å²) < 4.78 is 11.0. The molecule has 0 aliphatic rings. The van der Waals surface area contributed by atoms with Crippen LogP contribution in [-0.2, 0) is 11.4 Å². The van der Waals surface area contributed by atoms with Gasteiger partial charge in [-0.15, -0.1) is 10.2 Å². The maximum Gasteiger partial charge on any atom is 0.276 e. The fourth-order valence-corrected chi connectivity index (χ4v) is 2.92. The van der Waals surface area contributed by atoms with Crippen LogP contribution in [0.5, 0.6) is 5.75 Å². The molecule has 1 N–H and O–H groups in total. The lowest BCUT2D eigenvalue weighted by Gasteiger charge is -2.05. The number of ether oxygens (including phenoxy) is 1. The topological polar surface area (TPSA) is 77.2 Å². The number of hydrogen-bond acceptors (Lipinski definition) is 6. The number of rotatable bonds is 8. The molecule has 1 heterocycles. The highest BCUT2D eigenvalue weighted by Crippen LogP contribution is 2.22. The van der Waals surface area contributed by atoms with Crippen molar-refractivity contribution in [3.63, 3.8) is 0 Å². The molecule has 0 saturated heterocycles. The Bertz CT molecular complexity index is 858. The highest BCUT2D eigenvalue weighted by Gasteiger charge is 2.10. The molecular weight excluding hydrogens is 374 g/mol. The first-order chi connectivity index (χ1) is 12.7. The van der Waals surface area contributed by atoms with Crippen molar-refractivity contribution in [1.29, 1.82) is 0 Å². The Morgan fingerprint density at radius 2 is 1.88 bits per heavy atom.